The van der Waals surface area contributed by atoms with E-state index in [0.29, 0.717) is 18.0 Å². The standard InChI is InChI=1S/C12H17N3O2/c1-12(2,13)6-5-9-11(16)15-10-8(17-9)4-3-7-14-10/h3-4,7,9H,5-6,13H2,1-2H3,(H,14,15,16). The van der Waals surface area contributed by atoms with Crippen LogP contribution in [-0.4, -0.2) is 22.5 Å². The van der Waals surface area contributed by atoms with Gasteiger partial charge < -0.3 is 15.8 Å². The Labute approximate surface area is 100 Å². The number of aromatic nitrogens is 1. The van der Waals surface area contributed by atoms with Crippen LogP contribution in [0.5, 0.6) is 5.75 Å². The molecule has 17 heavy (non-hydrogen) atoms. The van der Waals surface area contributed by atoms with E-state index in [1.165, 1.54) is 0 Å². The molecule has 0 aromatic carbocycles. The van der Waals surface area contributed by atoms with Gasteiger partial charge in [0.05, 0.1) is 0 Å². The fraction of sp³-hybridized carbons (Fsp3) is 0.500. The number of amides is 1. The highest BCUT2D eigenvalue weighted by Crippen LogP contribution is 2.28. The highest BCUT2D eigenvalue weighted by atomic mass is 16.5. The first-order valence-electron chi connectivity index (χ1n) is 5.67. The van der Waals surface area contributed by atoms with Crippen LogP contribution in [0.3, 0.4) is 0 Å². The number of pyridine rings is 1. The van der Waals surface area contributed by atoms with Crippen LogP contribution in [0.1, 0.15) is 26.7 Å². The summed E-state index contributed by atoms with van der Waals surface area (Å²) in [4.78, 5) is 15.8. The highest BCUT2D eigenvalue weighted by Gasteiger charge is 2.29. The van der Waals surface area contributed by atoms with Crippen LogP contribution >= 0.6 is 0 Å². The second-order valence-corrected chi connectivity index (χ2v) is 4.97. The van der Waals surface area contributed by atoms with Gasteiger partial charge in [0.2, 0.25) is 0 Å². The second kappa shape index (κ2) is 4.33. The molecule has 0 fully saturated rings. The van der Waals surface area contributed by atoms with Gasteiger partial charge in [0.25, 0.3) is 5.91 Å². The Balaban J connectivity index is 2.05. The molecule has 1 amide bonds. The van der Waals surface area contributed by atoms with Gasteiger partial charge in [-0.05, 0) is 38.8 Å². The average molecular weight is 235 g/mol. The fourth-order valence-corrected chi connectivity index (χ4v) is 1.68. The van der Waals surface area contributed by atoms with Gasteiger partial charge in [0.1, 0.15) is 0 Å². The molecule has 1 unspecified atom stereocenters. The summed E-state index contributed by atoms with van der Waals surface area (Å²) in [5.41, 5.74) is 5.60. The number of nitrogens with two attached hydrogens (primary N) is 1. The number of fused-ring (bicyclic) bond motifs is 1. The highest BCUT2D eigenvalue weighted by molar-refractivity contribution is 5.96. The van der Waals surface area contributed by atoms with Gasteiger partial charge in [0, 0.05) is 11.7 Å². The molecule has 1 aromatic heterocycles. The van der Waals surface area contributed by atoms with Gasteiger partial charge in [-0.2, -0.15) is 0 Å². The maximum atomic E-state index is 11.8. The van der Waals surface area contributed by atoms with E-state index < -0.39 is 6.10 Å². The lowest BCUT2D eigenvalue weighted by Gasteiger charge is -2.27. The number of anilines is 1. The zero-order chi connectivity index (χ0) is 12.5. The summed E-state index contributed by atoms with van der Waals surface area (Å²) in [6.45, 7) is 3.87. The quantitative estimate of drug-likeness (QED) is 0.827. The van der Waals surface area contributed by atoms with Crippen molar-refractivity contribution in [3.05, 3.63) is 18.3 Å². The van der Waals surface area contributed by atoms with Gasteiger partial charge in [-0.3, -0.25) is 4.79 Å². The summed E-state index contributed by atoms with van der Waals surface area (Å²) < 4.78 is 5.61. The molecule has 0 saturated heterocycles. The molecule has 92 valence electrons. The van der Waals surface area contributed by atoms with Crippen LogP contribution in [0.4, 0.5) is 5.82 Å². The van der Waals surface area contributed by atoms with Crippen LogP contribution in [-0.2, 0) is 4.79 Å². The second-order valence-electron chi connectivity index (χ2n) is 4.97. The monoisotopic (exact) mass is 235 g/mol. The van der Waals surface area contributed by atoms with Crippen molar-refractivity contribution in [1.29, 1.82) is 0 Å². The SMILES string of the molecule is CC(C)(N)CCC1Oc2cccnc2NC1=O. The van der Waals surface area contributed by atoms with Crippen LogP contribution in [0.2, 0.25) is 0 Å². The van der Waals surface area contributed by atoms with Gasteiger partial charge in [-0.1, -0.05) is 0 Å². The number of hydrogen-bond acceptors (Lipinski definition) is 4. The van der Waals surface area contributed by atoms with Gasteiger partial charge in [-0.25, -0.2) is 4.98 Å². The topological polar surface area (TPSA) is 77.2 Å². The van der Waals surface area contributed by atoms with Gasteiger partial charge in [0.15, 0.2) is 17.7 Å². The normalized spacial score (nSPS) is 19.2. The minimum absolute atomic E-state index is 0.152. The molecule has 1 aromatic rings. The lowest BCUT2D eigenvalue weighted by Crippen LogP contribution is -2.40. The minimum atomic E-state index is -0.477. The lowest BCUT2D eigenvalue weighted by molar-refractivity contribution is -0.124. The van der Waals surface area contributed by atoms with E-state index in [4.69, 9.17) is 10.5 Å². The van der Waals surface area contributed by atoms with Crippen molar-refractivity contribution in [2.75, 3.05) is 5.32 Å². The fourth-order valence-electron chi connectivity index (χ4n) is 1.68. The van der Waals surface area contributed by atoms with Crippen LogP contribution < -0.4 is 15.8 Å². The van der Waals surface area contributed by atoms with Crippen molar-refractivity contribution in [1.82, 2.24) is 4.98 Å². The molecule has 0 bridgehead atoms. The lowest BCUT2D eigenvalue weighted by atomic mass is 9.97. The third-order valence-corrected chi connectivity index (χ3v) is 2.62. The van der Waals surface area contributed by atoms with E-state index in [1.54, 1.807) is 18.3 Å². The van der Waals surface area contributed by atoms with Gasteiger partial charge in [-0.15, -0.1) is 0 Å². The first-order chi connectivity index (χ1) is 7.96. The Morgan fingerprint density at radius 2 is 2.35 bits per heavy atom. The van der Waals surface area contributed by atoms with Crippen LogP contribution in [0.15, 0.2) is 18.3 Å². The zero-order valence-electron chi connectivity index (χ0n) is 10.1. The minimum Gasteiger partial charge on any atom is -0.477 e. The Bertz CT molecular complexity index is 426. The molecule has 1 aliphatic rings. The molecule has 0 saturated carbocycles. The molecule has 3 N–H and O–H groups in total. The van der Waals surface area contributed by atoms with E-state index in [1.807, 2.05) is 13.8 Å². The first-order valence-corrected chi connectivity index (χ1v) is 5.67. The van der Waals surface area contributed by atoms with Crippen molar-refractivity contribution in [2.45, 2.75) is 38.3 Å². The number of hydrogen-bond donors (Lipinski definition) is 2. The number of ether oxygens (including phenoxy) is 1. The van der Waals surface area contributed by atoms with Crippen LogP contribution in [0, 0.1) is 0 Å². The van der Waals surface area contributed by atoms with Crippen molar-refractivity contribution in [3.8, 4) is 5.75 Å². The molecular formula is C12H17N3O2. The molecular weight excluding hydrogens is 218 g/mol. The summed E-state index contributed by atoms with van der Waals surface area (Å²) in [6, 6.07) is 3.57. The molecule has 2 heterocycles. The van der Waals surface area contributed by atoms with Crippen molar-refractivity contribution in [3.63, 3.8) is 0 Å². The third-order valence-electron chi connectivity index (χ3n) is 2.62. The molecule has 5 heteroatoms. The van der Waals surface area contributed by atoms with E-state index in [0.717, 1.165) is 6.42 Å². The summed E-state index contributed by atoms with van der Waals surface area (Å²) in [6.07, 6.45) is 2.46. The summed E-state index contributed by atoms with van der Waals surface area (Å²) in [5.74, 6) is 0.952. The Morgan fingerprint density at radius 3 is 3.06 bits per heavy atom. The number of nitrogens with zero attached hydrogens (tertiary/aromatic N) is 1. The largest absolute Gasteiger partial charge is 0.477 e. The van der Waals surface area contributed by atoms with Gasteiger partial charge >= 0.3 is 0 Å². The Morgan fingerprint density at radius 1 is 1.59 bits per heavy atom. The molecule has 5 nitrogen and oxygen atoms in total. The van der Waals surface area contributed by atoms with Crippen molar-refractivity contribution in [2.24, 2.45) is 5.73 Å². The summed E-state index contributed by atoms with van der Waals surface area (Å²) in [7, 11) is 0. The first kappa shape index (κ1) is 11.9. The van der Waals surface area contributed by atoms with E-state index >= 15 is 0 Å². The summed E-state index contributed by atoms with van der Waals surface area (Å²) in [5, 5.41) is 2.73. The van der Waals surface area contributed by atoms with Crippen LogP contribution in [0.25, 0.3) is 0 Å². The van der Waals surface area contributed by atoms with E-state index in [9.17, 15) is 4.79 Å². The third kappa shape index (κ3) is 2.94. The predicted octanol–water partition coefficient (Wildman–Crippen LogP) is 1.30. The number of carbonyl (C=O) groups is 1. The Kier molecular flexibility index (Phi) is 3.02. The maximum Gasteiger partial charge on any atom is 0.266 e. The van der Waals surface area contributed by atoms with E-state index in [2.05, 4.69) is 10.3 Å². The number of carbonyl (C=O) groups excluding carboxylic acids is 1. The Hall–Kier alpha value is -1.62. The number of nitrogens with one attached hydrogen (secondary N) is 1. The van der Waals surface area contributed by atoms with Crippen molar-refractivity contribution < 1.29 is 9.53 Å². The zero-order valence-corrected chi connectivity index (χ0v) is 10.1. The molecule has 0 aliphatic carbocycles. The molecule has 1 atom stereocenters. The molecule has 2 rings (SSSR count). The van der Waals surface area contributed by atoms with E-state index in [-0.39, 0.29) is 11.4 Å². The smallest absolute Gasteiger partial charge is 0.266 e. The van der Waals surface area contributed by atoms with Crippen molar-refractivity contribution >= 4 is 11.7 Å². The number of rotatable bonds is 3. The predicted molar refractivity (Wildman–Crippen MR) is 64.8 cm³/mol. The summed E-state index contributed by atoms with van der Waals surface area (Å²) >= 11 is 0. The molecule has 0 radical (unpaired) electrons. The maximum absolute atomic E-state index is 11.8. The average Bonchev–Trinajstić information content (AvgIpc) is 2.25. The molecule has 1 aliphatic heterocycles. The molecule has 0 spiro atoms.